The van der Waals surface area contributed by atoms with Crippen LogP contribution in [0, 0.1) is 12.7 Å². The third-order valence-electron chi connectivity index (χ3n) is 4.42. The summed E-state index contributed by atoms with van der Waals surface area (Å²) in [7, 11) is 1.64. The van der Waals surface area contributed by atoms with Gasteiger partial charge < -0.3 is 4.74 Å². The van der Waals surface area contributed by atoms with Crippen LogP contribution in [0.1, 0.15) is 16.3 Å². The van der Waals surface area contributed by atoms with Crippen molar-refractivity contribution in [3.05, 3.63) is 81.1 Å². The Morgan fingerprint density at radius 2 is 1.79 bits per heavy atom. The molecule has 7 heteroatoms. The Bertz CT molecular complexity index is 1160. The van der Waals surface area contributed by atoms with Crippen molar-refractivity contribution in [2.75, 3.05) is 7.11 Å². The van der Waals surface area contributed by atoms with Crippen molar-refractivity contribution >= 4 is 35.1 Å². The highest BCUT2D eigenvalue weighted by molar-refractivity contribution is 7.10. The van der Waals surface area contributed by atoms with Gasteiger partial charge >= 0.3 is 0 Å². The third kappa shape index (κ3) is 4.09. The molecule has 2 aromatic carbocycles. The van der Waals surface area contributed by atoms with Gasteiger partial charge in [0.05, 0.1) is 24.2 Å². The monoisotopic (exact) mass is 425 g/mol. The van der Waals surface area contributed by atoms with Crippen LogP contribution in [0.25, 0.3) is 29.1 Å². The van der Waals surface area contributed by atoms with Gasteiger partial charge in [0.15, 0.2) is 0 Å². The number of ether oxygens (including phenoxy) is 1. The van der Waals surface area contributed by atoms with Gasteiger partial charge in [-0.25, -0.2) is 14.1 Å². The number of nitrogens with zero attached hydrogens (tertiary/aromatic N) is 3. The first kappa shape index (κ1) is 19.4. The van der Waals surface area contributed by atoms with Crippen molar-refractivity contribution < 1.29 is 9.13 Å². The van der Waals surface area contributed by atoms with Gasteiger partial charge in [-0.05, 0) is 67.6 Å². The van der Waals surface area contributed by atoms with Crippen LogP contribution in [0.5, 0.6) is 5.75 Å². The molecule has 0 saturated heterocycles. The van der Waals surface area contributed by atoms with E-state index >= 15 is 0 Å². The Hall–Kier alpha value is -2.96. The van der Waals surface area contributed by atoms with E-state index in [2.05, 4.69) is 10.1 Å². The summed E-state index contributed by atoms with van der Waals surface area (Å²) in [5.41, 5.74) is 4.22. The largest absolute Gasteiger partial charge is 0.497 e. The maximum atomic E-state index is 13.2. The number of halogens is 2. The van der Waals surface area contributed by atoms with E-state index in [1.807, 2.05) is 48.7 Å². The Labute approximate surface area is 176 Å². The number of rotatable bonds is 5. The summed E-state index contributed by atoms with van der Waals surface area (Å²) in [6.07, 6.45) is 3.82. The maximum Gasteiger partial charge on any atom is 0.140 e. The van der Waals surface area contributed by atoms with Crippen molar-refractivity contribution in [2.45, 2.75) is 6.92 Å². The smallest absolute Gasteiger partial charge is 0.140 e. The van der Waals surface area contributed by atoms with Gasteiger partial charge in [0.1, 0.15) is 21.7 Å². The number of thiazole rings is 1. The van der Waals surface area contributed by atoms with Gasteiger partial charge in [0, 0.05) is 16.5 Å². The number of aromatic nitrogens is 3. The fourth-order valence-electron chi connectivity index (χ4n) is 2.87. The minimum absolute atomic E-state index is 0.301. The van der Waals surface area contributed by atoms with E-state index in [0.717, 1.165) is 33.3 Å². The first-order valence-corrected chi connectivity index (χ1v) is 10.1. The van der Waals surface area contributed by atoms with Crippen LogP contribution in [0.4, 0.5) is 4.39 Å². The second kappa shape index (κ2) is 8.19. The molecule has 0 aliphatic rings. The van der Waals surface area contributed by atoms with Crippen molar-refractivity contribution in [1.82, 2.24) is 14.8 Å². The molecule has 0 amide bonds. The molecular formula is C22H17ClFN3OS. The minimum Gasteiger partial charge on any atom is -0.497 e. The normalized spacial score (nSPS) is 11.3. The first-order chi connectivity index (χ1) is 14.0. The second-order valence-electron chi connectivity index (χ2n) is 6.31. The average Bonchev–Trinajstić information content (AvgIpc) is 3.32. The van der Waals surface area contributed by atoms with Crippen LogP contribution >= 0.6 is 22.9 Å². The quantitative estimate of drug-likeness (QED) is 0.378. The van der Waals surface area contributed by atoms with E-state index in [4.69, 9.17) is 16.3 Å². The highest BCUT2D eigenvalue weighted by atomic mass is 35.5. The van der Waals surface area contributed by atoms with Crippen LogP contribution in [0.2, 0.25) is 5.15 Å². The van der Waals surface area contributed by atoms with Crippen LogP contribution in [0.15, 0.2) is 53.9 Å². The predicted octanol–water partition coefficient (Wildman–Crippen LogP) is 6.28. The molecule has 146 valence electrons. The van der Waals surface area contributed by atoms with Crippen molar-refractivity contribution in [1.29, 1.82) is 0 Å². The molecular weight excluding hydrogens is 409 g/mol. The van der Waals surface area contributed by atoms with Crippen molar-refractivity contribution in [3.63, 3.8) is 0 Å². The predicted molar refractivity (Wildman–Crippen MR) is 116 cm³/mol. The summed E-state index contributed by atoms with van der Waals surface area (Å²) in [6, 6.07) is 13.8. The SMILES string of the molecule is COc1ccc(-c2csc(/C=C/c3c(C)nn(-c4ccc(F)cc4)c3Cl)n2)cc1. The van der Waals surface area contributed by atoms with Gasteiger partial charge in [-0.2, -0.15) is 5.10 Å². The molecule has 0 radical (unpaired) electrons. The molecule has 0 N–H and O–H groups in total. The Balaban J connectivity index is 1.58. The lowest BCUT2D eigenvalue weighted by Gasteiger charge is -2.02. The van der Waals surface area contributed by atoms with E-state index in [1.165, 1.54) is 12.1 Å². The van der Waals surface area contributed by atoms with Crippen molar-refractivity contribution in [3.8, 4) is 22.7 Å². The number of methoxy groups -OCH3 is 1. The van der Waals surface area contributed by atoms with Crippen LogP contribution in [0.3, 0.4) is 0 Å². The zero-order chi connectivity index (χ0) is 20.4. The summed E-state index contributed by atoms with van der Waals surface area (Å²) in [5, 5.41) is 7.82. The molecule has 2 aromatic heterocycles. The summed E-state index contributed by atoms with van der Waals surface area (Å²) in [5.74, 6) is 0.512. The number of benzene rings is 2. The van der Waals surface area contributed by atoms with E-state index in [9.17, 15) is 4.39 Å². The van der Waals surface area contributed by atoms with Gasteiger partial charge in [-0.1, -0.05) is 11.6 Å². The molecule has 0 atom stereocenters. The zero-order valence-corrected chi connectivity index (χ0v) is 17.3. The molecule has 4 rings (SSSR count). The Morgan fingerprint density at radius 3 is 2.48 bits per heavy atom. The van der Waals surface area contributed by atoms with Crippen LogP contribution < -0.4 is 4.74 Å². The van der Waals surface area contributed by atoms with E-state index in [0.29, 0.717) is 10.8 Å². The van der Waals surface area contributed by atoms with Crippen LogP contribution in [-0.2, 0) is 0 Å². The number of hydrogen-bond donors (Lipinski definition) is 0. The molecule has 4 nitrogen and oxygen atoms in total. The lowest BCUT2D eigenvalue weighted by molar-refractivity contribution is 0.415. The lowest BCUT2D eigenvalue weighted by atomic mass is 10.2. The summed E-state index contributed by atoms with van der Waals surface area (Å²) >= 11 is 8.08. The Kier molecular flexibility index (Phi) is 5.47. The molecule has 29 heavy (non-hydrogen) atoms. The lowest BCUT2D eigenvalue weighted by Crippen LogP contribution is -1.96. The van der Waals surface area contributed by atoms with E-state index in [1.54, 1.807) is 35.3 Å². The topological polar surface area (TPSA) is 39.9 Å². The minimum atomic E-state index is -0.301. The second-order valence-corrected chi connectivity index (χ2v) is 7.56. The van der Waals surface area contributed by atoms with Crippen LogP contribution in [-0.4, -0.2) is 21.9 Å². The van der Waals surface area contributed by atoms with Crippen molar-refractivity contribution in [2.24, 2.45) is 0 Å². The van der Waals surface area contributed by atoms with Gasteiger partial charge in [0.25, 0.3) is 0 Å². The maximum absolute atomic E-state index is 13.2. The number of hydrogen-bond acceptors (Lipinski definition) is 4. The standard InChI is InChI=1S/C22H17ClFN3OS/c1-14-19(22(23)27(26-14)17-7-5-16(24)6-8-17)11-12-21-25-20(13-29-21)15-3-9-18(28-2)10-4-15/h3-13H,1-2H3/b12-11+. The number of aryl methyl sites for hydroxylation is 1. The molecule has 0 aliphatic heterocycles. The average molecular weight is 426 g/mol. The molecule has 2 heterocycles. The molecule has 0 saturated carbocycles. The molecule has 0 aliphatic carbocycles. The molecule has 0 spiro atoms. The molecule has 0 fully saturated rings. The van der Waals surface area contributed by atoms with E-state index < -0.39 is 0 Å². The van der Waals surface area contributed by atoms with Gasteiger partial charge in [-0.15, -0.1) is 11.3 Å². The highest BCUT2D eigenvalue weighted by Crippen LogP contribution is 2.28. The fourth-order valence-corrected chi connectivity index (χ4v) is 3.92. The highest BCUT2D eigenvalue weighted by Gasteiger charge is 2.13. The zero-order valence-electron chi connectivity index (χ0n) is 15.8. The fraction of sp³-hybridized carbons (Fsp3) is 0.0909. The first-order valence-electron chi connectivity index (χ1n) is 8.84. The summed E-state index contributed by atoms with van der Waals surface area (Å²) < 4.78 is 20.0. The molecule has 0 unspecified atom stereocenters. The van der Waals surface area contributed by atoms with Gasteiger partial charge in [0.2, 0.25) is 0 Å². The molecule has 4 aromatic rings. The van der Waals surface area contributed by atoms with E-state index in [-0.39, 0.29) is 5.82 Å². The summed E-state index contributed by atoms with van der Waals surface area (Å²) in [4.78, 5) is 4.66. The third-order valence-corrected chi connectivity index (χ3v) is 5.59. The molecule has 0 bridgehead atoms. The van der Waals surface area contributed by atoms with Gasteiger partial charge in [-0.3, -0.25) is 0 Å². The Morgan fingerprint density at radius 1 is 1.07 bits per heavy atom. The summed E-state index contributed by atoms with van der Waals surface area (Å²) in [6.45, 7) is 1.89.